The average molecular weight is 297 g/mol. The smallest absolute Gasteiger partial charge is 0.104 e. The topological polar surface area (TPSA) is 54.2 Å². The van der Waals surface area contributed by atoms with Crippen LogP contribution < -0.4 is 0 Å². The van der Waals surface area contributed by atoms with Crippen LogP contribution in [0.2, 0.25) is 0 Å². The highest BCUT2D eigenvalue weighted by atomic mass is 15.2. The Labute approximate surface area is 131 Å². The van der Waals surface area contributed by atoms with Crippen LogP contribution >= 0.6 is 0 Å². The first-order valence-corrected chi connectivity index (χ1v) is 8.40. The molecule has 0 aromatic carbocycles. The van der Waals surface area contributed by atoms with Gasteiger partial charge >= 0.3 is 0 Å². The lowest BCUT2D eigenvalue weighted by Crippen LogP contribution is -2.46. The Kier molecular flexibility index (Phi) is 8.79. The van der Waals surface area contributed by atoms with Gasteiger partial charge < -0.3 is 9.80 Å². The molecule has 0 aromatic heterocycles. The minimum Gasteiger partial charge on any atom is -0.316 e. The maximum absolute atomic E-state index is 8.20. The molecule has 1 aliphatic rings. The van der Waals surface area contributed by atoms with Crippen molar-refractivity contribution in [3.05, 3.63) is 0 Å². The Balaban J connectivity index is 0.00000191. The van der Waals surface area contributed by atoms with E-state index in [4.69, 9.17) is 10.8 Å². The van der Waals surface area contributed by atoms with Crippen LogP contribution in [0.5, 0.6) is 0 Å². The summed E-state index contributed by atoms with van der Waals surface area (Å²) in [5, 5.41) is 16.1. The van der Waals surface area contributed by atoms with Crippen LogP contribution in [0.4, 0.5) is 0 Å². The van der Waals surface area contributed by atoms with Crippen LogP contribution in [0.3, 0.4) is 0 Å². The van der Waals surface area contributed by atoms with Gasteiger partial charge in [-0.3, -0.25) is 10.8 Å². The monoisotopic (exact) mass is 296 g/mol. The van der Waals surface area contributed by atoms with Crippen LogP contribution in [0.25, 0.3) is 0 Å². The van der Waals surface area contributed by atoms with Crippen molar-refractivity contribution in [2.45, 2.75) is 85.9 Å². The fourth-order valence-electron chi connectivity index (χ4n) is 3.01. The Hall–Kier alpha value is -0.900. The number of nitrogens with zero attached hydrogens (tertiary/aromatic N) is 2. The second-order valence-electron chi connectivity index (χ2n) is 6.33. The molecule has 0 aliphatic carbocycles. The fraction of sp³-hybridized carbons (Fsp3) is 0.882. The summed E-state index contributed by atoms with van der Waals surface area (Å²) in [6.07, 6.45) is 3.53. The molecule has 21 heavy (non-hydrogen) atoms. The summed E-state index contributed by atoms with van der Waals surface area (Å²) in [6.45, 7) is 14.3. The van der Waals surface area contributed by atoms with Crippen molar-refractivity contribution in [3.8, 4) is 0 Å². The van der Waals surface area contributed by atoms with E-state index in [1.807, 2.05) is 32.6 Å². The highest BCUT2D eigenvalue weighted by molar-refractivity contribution is 5.98. The van der Waals surface area contributed by atoms with Crippen molar-refractivity contribution >= 4 is 11.7 Å². The van der Waals surface area contributed by atoms with Gasteiger partial charge in [0.15, 0.2) is 0 Å². The van der Waals surface area contributed by atoms with Gasteiger partial charge in [0, 0.05) is 24.0 Å². The third-order valence-electron chi connectivity index (χ3n) is 4.41. The van der Waals surface area contributed by atoms with E-state index in [1.165, 1.54) is 12.8 Å². The van der Waals surface area contributed by atoms with Crippen molar-refractivity contribution in [2.75, 3.05) is 7.05 Å². The van der Waals surface area contributed by atoms with Gasteiger partial charge in [0.05, 0.1) is 5.84 Å². The molecule has 1 rings (SSSR count). The van der Waals surface area contributed by atoms with Gasteiger partial charge in [0.25, 0.3) is 0 Å². The summed E-state index contributed by atoms with van der Waals surface area (Å²) >= 11 is 0. The molecule has 1 fully saturated rings. The molecule has 0 aromatic rings. The van der Waals surface area contributed by atoms with Crippen LogP contribution in [0.15, 0.2) is 0 Å². The molecular weight excluding hydrogens is 260 g/mol. The molecule has 3 unspecified atom stereocenters. The molecule has 1 aliphatic heterocycles. The maximum Gasteiger partial charge on any atom is 0.104 e. The van der Waals surface area contributed by atoms with E-state index >= 15 is 0 Å². The van der Waals surface area contributed by atoms with Crippen LogP contribution in [0.1, 0.15) is 67.7 Å². The van der Waals surface area contributed by atoms with Gasteiger partial charge in [-0.2, -0.15) is 0 Å². The molecule has 0 bridgehead atoms. The summed E-state index contributed by atoms with van der Waals surface area (Å²) in [6, 6.07) is 1.48. The molecule has 3 atom stereocenters. The van der Waals surface area contributed by atoms with Crippen molar-refractivity contribution in [3.63, 3.8) is 0 Å². The van der Waals surface area contributed by atoms with E-state index in [-0.39, 0.29) is 12.0 Å². The SMILES string of the molecule is CC.CC(=N)N(C(=N)C(C)C)C(C)CC1CCC(C)N1C. The molecule has 1 saturated heterocycles. The van der Waals surface area contributed by atoms with E-state index in [0.29, 0.717) is 23.8 Å². The van der Waals surface area contributed by atoms with Crippen molar-refractivity contribution in [1.29, 1.82) is 10.8 Å². The second-order valence-corrected chi connectivity index (χ2v) is 6.33. The molecule has 124 valence electrons. The highest BCUT2D eigenvalue weighted by Crippen LogP contribution is 2.26. The first-order valence-electron chi connectivity index (χ1n) is 8.40. The Morgan fingerprint density at radius 3 is 2.05 bits per heavy atom. The molecule has 4 nitrogen and oxygen atoms in total. The normalized spacial score (nSPS) is 23.5. The van der Waals surface area contributed by atoms with E-state index in [9.17, 15) is 0 Å². The van der Waals surface area contributed by atoms with Crippen LogP contribution in [-0.2, 0) is 0 Å². The molecule has 0 saturated carbocycles. The minimum atomic E-state index is 0.169. The lowest BCUT2D eigenvalue weighted by atomic mass is 10.0. The number of hydrogen-bond donors (Lipinski definition) is 2. The first-order chi connectivity index (χ1) is 9.75. The Morgan fingerprint density at radius 1 is 1.19 bits per heavy atom. The van der Waals surface area contributed by atoms with Crippen LogP contribution in [-0.4, -0.2) is 46.6 Å². The number of nitrogens with one attached hydrogen (secondary N) is 2. The molecule has 1 heterocycles. The Morgan fingerprint density at radius 2 is 1.71 bits per heavy atom. The highest BCUT2D eigenvalue weighted by Gasteiger charge is 2.31. The molecule has 0 spiro atoms. The van der Waals surface area contributed by atoms with E-state index in [0.717, 1.165) is 6.42 Å². The zero-order valence-electron chi connectivity index (χ0n) is 15.3. The summed E-state index contributed by atoms with van der Waals surface area (Å²) in [4.78, 5) is 4.34. The average Bonchev–Trinajstić information content (AvgIpc) is 2.72. The standard InChI is InChI=1S/C15H30N4.C2H6/c1-10(2)15(17)19(13(5)16)12(4)9-14-8-7-11(3)18(14)6;1-2/h10-12,14,16-17H,7-9H2,1-6H3;1-2H3. The van der Waals surface area contributed by atoms with Crippen molar-refractivity contribution in [1.82, 2.24) is 9.80 Å². The van der Waals surface area contributed by atoms with Gasteiger partial charge in [0.1, 0.15) is 5.84 Å². The molecule has 0 amide bonds. The van der Waals surface area contributed by atoms with E-state index < -0.39 is 0 Å². The van der Waals surface area contributed by atoms with Crippen molar-refractivity contribution in [2.24, 2.45) is 5.92 Å². The largest absolute Gasteiger partial charge is 0.316 e. The minimum absolute atomic E-state index is 0.169. The Bertz CT molecular complexity index is 338. The molecule has 2 N–H and O–H groups in total. The van der Waals surface area contributed by atoms with E-state index in [1.54, 1.807) is 6.92 Å². The summed E-state index contributed by atoms with van der Waals surface area (Å²) in [7, 11) is 2.20. The molecule has 4 heteroatoms. The predicted molar refractivity (Wildman–Crippen MR) is 93.5 cm³/mol. The zero-order chi connectivity index (χ0) is 16.7. The first kappa shape index (κ1) is 20.1. The fourth-order valence-corrected chi connectivity index (χ4v) is 3.01. The quantitative estimate of drug-likeness (QED) is 0.603. The molecule has 0 radical (unpaired) electrons. The number of likely N-dealkylation sites (tertiary alicyclic amines) is 1. The molecular formula is C17H36N4. The van der Waals surface area contributed by atoms with Gasteiger partial charge in [-0.1, -0.05) is 27.7 Å². The second kappa shape index (κ2) is 9.19. The van der Waals surface area contributed by atoms with Gasteiger partial charge in [0.2, 0.25) is 0 Å². The van der Waals surface area contributed by atoms with Crippen molar-refractivity contribution < 1.29 is 0 Å². The van der Waals surface area contributed by atoms with Gasteiger partial charge in [-0.25, -0.2) is 0 Å². The lowest BCUT2D eigenvalue weighted by Gasteiger charge is -2.35. The zero-order valence-corrected chi connectivity index (χ0v) is 15.3. The van der Waals surface area contributed by atoms with Gasteiger partial charge in [-0.15, -0.1) is 0 Å². The summed E-state index contributed by atoms with van der Waals surface area (Å²) in [5.74, 6) is 1.22. The van der Waals surface area contributed by atoms with Crippen LogP contribution in [0, 0.1) is 16.7 Å². The van der Waals surface area contributed by atoms with E-state index in [2.05, 4.69) is 25.8 Å². The summed E-state index contributed by atoms with van der Waals surface area (Å²) < 4.78 is 0. The van der Waals surface area contributed by atoms with Gasteiger partial charge in [-0.05, 0) is 47.1 Å². The number of rotatable bonds is 4. The third kappa shape index (κ3) is 5.42. The number of amidine groups is 2. The number of hydrogen-bond acceptors (Lipinski definition) is 3. The lowest BCUT2D eigenvalue weighted by molar-refractivity contribution is 0.218. The predicted octanol–water partition coefficient (Wildman–Crippen LogP) is 4.21. The maximum atomic E-state index is 8.20. The third-order valence-corrected chi connectivity index (χ3v) is 4.41. The summed E-state index contributed by atoms with van der Waals surface area (Å²) in [5.41, 5.74) is 0.